The molecule has 200 valence electrons. The second kappa shape index (κ2) is 12.4. The molecule has 3 aromatic carbocycles. The molecular weight excluding hydrogens is 484 g/mol. The zero-order chi connectivity index (χ0) is 27.1. The number of benzene rings is 3. The smallest absolute Gasteiger partial charge is 0.263 e. The molecule has 3 aromatic rings. The summed E-state index contributed by atoms with van der Waals surface area (Å²) in [6, 6.07) is 18.7. The summed E-state index contributed by atoms with van der Waals surface area (Å²) in [6.45, 7) is 2.84. The van der Waals surface area contributed by atoms with Gasteiger partial charge in [-0.2, -0.15) is 0 Å². The number of hydrogen-bond donors (Lipinski definition) is 1. The van der Waals surface area contributed by atoms with Crippen molar-refractivity contribution in [3.63, 3.8) is 0 Å². The van der Waals surface area contributed by atoms with Crippen molar-refractivity contribution < 1.29 is 28.5 Å². The first kappa shape index (κ1) is 26.9. The maximum atomic E-state index is 13.3. The SMILES string of the molecule is CC[C@@H]1Oc2ccc(NC(=O)Cc3cccc(OC)c3)cc2CN(CCc2ccc(OC)c(OC)c2)C1=O. The molecule has 38 heavy (non-hydrogen) atoms. The number of methoxy groups -OCH3 is 3. The fourth-order valence-electron chi connectivity index (χ4n) is 4.51. The normalized spacial score (nSPS) is 14.7. The van der Waals surface area contributed by atoms with Gasteiger partial charge in [0.2, 0.25) is 5.91 Å². The first-order valence-electron chi connectivity index (χ1n) is 12.7. The van der Waals surface area contributed by atoms with Crippen molar-refractivity contribution in [3.8, 4) is 23.0 Å². The van der Waals surface area contributed by atoms with Gasteiger partial charge in [0.1, 0.15) is 11.5 Å². The quantitative estimate of drug-likeness (QED) is 0.421. The van der Waals surface area contributed by atoms with E-state index in [4.69, 9.17) is 18.9 Å². The van der Waals surface area contributed by atoms with Crippen molar-refractivity contribution in [1.29, 1.82) is 0 Å². The van der Waals surface area contributed by atoms with Gasteiger partial charge in [0, 0.05) is 24.3 Å². The Kier molecular flexibility index (Phi) is 8.73. The Hall–Kier alpha value is -4.20. The predicted molar refractivity (Wildman–Crippen MR) is 145 cm³/mol. The molecule has 1 N–H and O–H groups in total. The lowest BCUT2D eigenvalue weighted by Crippen LogP contribution is -2.40. The van der Waals surface area contributed by atoms with Gasteiger partial charge in [0.25, 0.3) is 5.91 Å². The van der Waals surface area contributed by atoms with Crippen molar-refractivity contribution in [2.45, 2.75) is 38.8 Å². The summed E-state index contributed by atoms with van der Waals surface area (Å²) in [5, 5.41) is 2.97. The maximum absolute atomic E-state index is 13.3. The lowest BCUT2D eigenvalue weighted by molar-refractivity contribution is -0.138. The average Bonchev–Trinajstić information content (AvgIpc) is 3.07. The minimum absolute atomic E-state index is 0.0483. The third-order valence-corrected chi connectivity index (χ3v) is 6.55. The number of anilines is 1. The first-order chi connectivity index (χ1) is 18.4. The highest BCUT2D eigenvalue weighted by molar-refractivity contribution is 5.92. The third kappa shape index (κ3) is 6.37. The summed E-state index contributed by atoms with van der Waals surface area (Å²) in [4.78, 5) is 27.8. The summed E-state index contributed by atoms with van der Waals surface area (Å²) in [7, 11) is 4.81. The number of nitrogens with one attached hydrogen (secondary N) is 1. The van der Waals surface area contributed by atoms with Crippen LogP contribution in [0.5, 0.6) is 23.0 Å². The highest BCUT2D eigenvalue weighted by atomic mass is 16.5. The van der Waals surface area contributed by atoms with Gasteiger partial charge in [-0.25, -0.2) is 0 Å². The standard InChI is InChI=1S/C30H34N2O6/c1-5-25-30(34)32(14-13-20-9-11-27(36-3)28(16-20)37-4)19-22-18-23(10-12-26(22)38-25)31-29(33)17-21-7-6-8-24(15-21)35-2/h6-12,15-16,18,25H,5,13-14,17,19H2,1-4H3,(H,31,33)/t25-/m0/s1. The second-order valence-electron chi connectivity index (χ2n) is 9.11. The number of ether oxygens (including phenoxy) is 4. The number of fused-ring (bicyclic) bond motifs is 1. The molecular formula is C30H34N2O6. The molecule has 0 spiro atoms. The zero-order valence-corrected chi connectivity index (χ0v) is 22.3. The summed E-state index contributed by atoms with van der Waals surface area (Å²) in [5.41, 5.74) is 3.40. The number of carbonyl (C=O) groups is 2. The highest BCUT2D eigenvalue weighted by Crippen LogP contribution is 2.31. The predicted octanol–water partition coefficient (Wildman–Crippen LogP) is 4.64. The highest BCUT2D eigenvalue weighted by Gasteiger charge is 2.30. The number of rotatable bonds is 10. The number of carbonyl (C=O) groups excluding carboxylic acids is 2. The van der Waals surface area contributed by atoms with Gasteiger partial charge >= 0.3 is 0 Å². The van der Waals surface area contributed by atoms with Crippen LogP contribution in [0.1, 0.15) is 30.0 Å². The Morgan fingerprint density at radius 1 is 0.974 bits per heavy atom. The molecule has 0 aromatic heterocycles. The van der Waals surface area contributed by atoms with Crippen molar-refractivity contribution in [2.75, 3.05) is 33.2 Å². The van der Waals surface area contributed by atoms with Crippen molar-refractivity contribution in [1.82, 2.24) is 4.90 Å². The van der Waals surface area contributed by atoms with E-state index in [2.05, 4.69) is 5.32 Å². The zero-order valence-electron chi connectivity index (χ0n) is 22.3. The van der Waals surface area contributed by atoms with Gasteiger partial charge in [-0.05, 0) is 66.4 Å². The largest absolute Gasteiger partial charge is 0.497 e. The molecule has 0 saturated heterocycles. The lowest BCUT2D eigenvalue weighted by atomic mass is 10.1. The minimum Gasteiger partial charge on any atom is -0.497 e. The van der Waals surface area contributed by atoms with Crippen molar-refractivity contribution >= 4 is 17.5 Å². The van der Waals surface area contributed by atoms with Crippen LogP contribution in [-0.4, -0.2) is 50.7 Å². The monoisotopic (exact) mass is 518 g/mol. The van der Waals surface area contributed by atoms with Crippen LogP contribution in [0.15, 0.2) is 60.7 Å². The van der Waals surface area contributed by atoms with E-state index in [1.807, 2.05) is 66.4 Å². The van der Waals surface area contributed by atoms with Crippen LogP contribution < -0.4 is 24.3 Å². The Balaban J connectivity index is 1.48. The third-order valence-electron chi connectivity index (χ3n) is 6.55. The topological polar surface area (TPSA) is 86.3 Å². The number of hydrogen-bond acceptors (Lipinski definition) is 6. The van der Waals surface area contributed by atoms with Crippen molar-refractivity contribution in [3.05, 3.63) is 77.4 Å². The van der Waals surface area contributed by atoms with E-state index in [-0.39, 0.29) is 18.2 Å². The molecule has 0 saturated carbocycles. The summed E-state index contributed by atoms with van der Waals surface area (Å²) >= 11 is 0. The van der Waals surface area contributed by atoms with Gasteiger partial charge in [0.15, 0.2) is 17.6 Å². The van der Waals surface area contributed by atoms with Crippen LogP contribution in [0.3, 0.4) is 0 Å². The molecule has 8 nitrogen and oxygen atoms in total. The maximum Gasteiger partial charge on any atom is 0.263 e. The molecule has 1 atom stereocenters. The fourth-order valence-corrected chi connectivity index (χ4v) is 4.51. The molecule has 1 heterocycles. The summed E-state index contributed by atoms with van der Waals surface area (Å²) in [6.07, 6.45) is 0.868. The van der Waals surface area contributed by atoms with Gasteiger partial charge in [-0.1, -0.05) is 25.1 Å². The van der Waals surface area contributed by atoms with Crippen LogP contribution in [-0.2, 0) is 29.0 Å². The Morgan fingerprint density at radius 3 is 2.53 bits per heavy atom. The van der Waals surface area contributed by atoms with Crippen LogP contribution in [0.4, 0.5) is 5.69 Å². The Labute approximate surface area is 223 Å². The molecule has 0 unspecified atom stereocenters. The summed E-state index contributed by atoms with van der Waals surface area (Å²) in [5.74, 6) is 2.50. The van der Waals surface area contributed by atoms with Crippen LogP contribution >= 0.6 is 0 Å². The van der Waals surface area contributed by atoms with Gasteiger partial charge < -0.3 is 29.2 Å². The van der Waals surface area contributed by atoms with Gasteiger partial charge in [-0.3, -0.25) is 9.59 Å². The molecule has 0 aliphatic carbocycles. The van der Waals surface area contributed by atoms with Gasteiger partial charge in [-0.15, -0.1) is 0 Å². The van der Waals surface area contributed by atoms with E-state index in [0.717, 1.165) is 16.7 Å². The fraction of sp³-hybridized carbons (Fsp3) is 0.333. The molecule has 8 heteroatoms. The van der Waals surface area contributed by atoms with E-state index in [1.165, 1.54) is 0 Å². The van der Waals surface area contributed by atoms with Crippen LogP contribution in [0.2, 0.25) is 0 Å². The average molecular weight is 519 g/mol. The molecule has 1 aliphatic heterocycles. The van der Waals surface area contributed by atoms with Crippen molar-refractivity contribution in [2.24, 2.45) is 0 Å². The molecule has 0 fully saturated rings. The Morgan fingerprint density at radius 2 is 1.79 bits per heavy atom. The minimum atomic E-state index is -0.560. The van der Waals surface area contributed by atoms with E-state index in [9.17, 15) is 9.59 Å². The Bertz CT molecular complexity index is 1290. The van der Waals surface area contributed by atoms with E-state index in [1.54, 1.807) is 27.4 Å². The molecule has 0 bridgehead atoms. The first-order valence-corrected chi connectivity index (χ1v) is 12.7. The lowest BCUT2D eigenvalue weighted by Gasteiger charge is -2.23. The second-order valence-corrected chi connectivity index (χ2v) is 9.11. The van der Waals surface area contributed by atoms with E-state index >= 15 is 0 Å². The van der Waals surface area contributed by atoms with Crippen LogP contribution in [0, 0.1) is 0 Å². The van der Waals surface area contributed by atoms with E-state index < -0.39 is 6.10 Å². The van der Waals surface area contributed by atoms with Gasteiger partial charge in [0.05, 0.1) is 27.8 Å². The molecule has 0 radical (unpaired) electrons. The number of nitrogens with zero attached hydrogens (tertiary/aromatic N) is 1. The molecule has 2 amide bonds. The molecule has 1 aliphatic rings. The molecule has 4 rings (SSSR count). The van der Waals surface area contributed by atoms with E-state index in [0.29, 0.717) is 54.6 Å². The summed E-state index contributed by atoms with van der Waals surface area (Å²) < 4.78 is 22.1. The van der Waals surface area contributed by atoms with Crippen LogP contribution in [0.25, 0.3) is 0 Å². The number of amides is 2.